The van der Waals surface area contributed by atoms with Crippen LogP contribution in [0.2, 0.25) is 0 Å². The number of hydrogen-bond donors (Lipinski definition) is 2. The molecule has 4 aromatic rings. The predicted octanol–water partition coefficient (Wildman–Crippen LogP) is 6.94. The molecule has 0 aliphatic rings. The standard InChI is InChI=1S/C29H34N3O4P/c1-2-3-5-13-23(22-11-6-4-7-12-22)20-28-31-32-29(36-28)27-17-16-24(25-14-8-9-15-26(25)27)21-30-18-10-19-35-37(33)34/h4,6-9,11-12,14-17,23,30H,2-3,5,10,13,18-21H2,1H3/p+1. The van der Waals surface area contributed by atoms with Crippen molar-refractivity contribution >= 4 is 19.0 Å². The van der Waals surface area contributed by atoms with Gasteiger partial charge in [-0.25, -0.2) is 0 Å². The summed E-state index contributed by atoms with van der Waals surface area (Å²) in [5.41, 5.74) is 3.41. The minimum Gasteiger partial charge on any atom is -0.421 e. The third-order valence-corrected chi connectivity index (χ3v) is 6.98. The van der Waals surface area contributed by atoms with E-state index in [4.69, 9.17) is 13.8 Å². The largest absolute Gasteiger partial charge is 0.694 e. The number of rotatable bonds is 15. The molecule has 0 aliphatic heterocycles. The normalized spacial score (nSPS) is 12.6. The van der Waals surface area contributed by atoms with Crippen molar-refractivity contribution < 1.29 is 18.4 Å². The summed E-state index contributed by atoms with van der Waals surface area (Å²) in [6.07, 6.45) is 6.10. The second kappa shape index (κ2) is 14.1. The molecule has 8 heteroatoms. The zero-order valence-electron chi connectivity index (χ0n) is 21.3. The first kappa shape index (κ1) is 27.1. The van der Waals surface area contributed by atoms with Crippen LogP contribution >= 0.6 is 8.25 Å². The van der Waals surface area contributed by atoms with Crippen LogP contribution in [0.25, 0.3) is 22.2 Å². The Morgan fingerprint density at radius 2 is 1.76 bits per heavy atom. The molecule has 0 aliphatic carbocycles. The molecule has 194 valence electrons. The molecule has 3 aromatic carbocycles. The van der Waals surface area contributed by atoms with E-state index >= 15 is 0 Å². The van der Waals surface area contributed by atoms with Crippen molar-refractivity contribution in [2.24, 2.45) is 0 Å². The number of aromatic nitrogens is 2. The molecule has 37 heavy (non-hydrogen) atoms. The van der Waals surface area contributed by atoms with Gasteiger partial charge in [0.05, 0.1) is 0 Å². The van der Waals surface area contributed by atoms with Gasteiger partial charge in [-0.3, -0.25) is 0 Å². The number of fused-ring (bicyclic) bond motifs is 1. The number of hydrogen-bond acceptors (Lipinski definition) is 6. The maximum atomic E-state index is 10.6. The van der Waals surface area contributed by atoms with Crippen LogP contribution in [0.5, 0.6) is 0 Å². The molecule has 0 fully saturated rings. The molecule has 4 rings (SSSR count). The van der Waals surface area contributed by atoms with Gasteiger partial charge >= 0.3 is 8.25 Å². The summed E-state index contributed by atoms with van der Waals surface area (Å²) in [6, 6.07) is 23.0. The fraction of sp³-hybridized carbons (Fsp3) is 0.379. The SMILES string of the molecule is CCCCCC(Cc1nnc(-c2ccc(CNCCCO[P+](=O)O)c3ccccc23)o1)c1ccccc1. The minimum absolute atomic E-state index is 0.252. The van der Waals surface area contributed by atoms with Crippen molar-refractivity contribution in [2.75, 3.05) is 13.2 Å². The van der Waals surface area contributed by atoms with Gasteiger partial charge in [0.1, 0.15) is 6.61 Å². The summed E-state index contributed by atoms with van der Waals surface area (Å²) in [7, 11) is -2.53. The Morgan fingerprint density at radius 3 is 2.54 bits per heavy atom. The lowest BCUT2D eigenvalue weighted by atomic mass is 9.90. The van der Waals surface area contributed by atoms with Crippen LogP contribution in [0.4, 0.5) is 0 Å². The van der Waals surface area contributed by atoms with E-state index in [1.54, 1.807) is 0 Å². The summed E-state index contributed by atoms with van der Waals surface area (Å²) < 4.78 is 21.5. The monoisotopic (exact) mass is 520 g/mol. The van der Waals surface area contributed by atoms with Crippen molar-refractivity contribution in [3.63, 3.8) is 0 Å². The fourth-order valence-electron chi connectivity index (χ4n) is 4.67. The maximum absolute atomic E-state index is 10.6. The van der Waals surface area contributed by atoms with Crippen molar-refractivity contribution in [2.45, 2.75) is 57.9 Å². The highest BCUT2D eigenvalue weighted by atomic mass is 31.1. The number of nitrogens with zero attached hydrogens (tertiary/aromatic N) is 2. The summed E-state index contributed by atoms with van der Waals surface area (Å²) in [6.45, 7) is 3.85. The average molecular weight is 521 g/mol. The molecule has 2 atom stereocenters. The van der Waals surface area contributed by atoms with Crippen molar-refractivity contribution in [3.05, 3.63) is 83.7 Å². The van der Waals surface area contributed by atoms with Gasteiger partial charge in [-0.2, -0.15) is 0 Å². The molecule has 1 aromatic heterocycles. The van der Waals surface area contributed by atoms with Crippen LogP contribution in [-0.2, 0) is 22.1 Å². The van der Waals surface area contributed by atoms with E-state index < -0.39 is 8.25 Å². The Kier molecular flexibility index (Phi) is 10.3. The van der Waals surface area contributed by atoms with Gasteiger partial charge in [-0.05, 0) is 53.3 Å². The Balaban J connectivity index is 1.48. The van der Waals surface area contributed by atoms with E-state index in [0.717, 1.165) is 34.7 Å². The maximum Gasteiger partial charge on any atom is 0.694 e. The molecule has 2 unspecified atom stereocenters. The lowest BCUT2D eigenvalue weighted by molar-refractivity contribution is 0.276. The van der Waals surface area contributed by atoms with Crippen molar-refractivity contribution in [3.8, 4) is 11.5 Å². The number of unbranched alkanes of at least 4 members (excludes halogenated alkanes) is 2. The zero-order valence-corrected chi connectivity index (χ0v) is 22.2. The Labute approximate surface area is 219 Å². The molecule has 0 bridgehead atoms. The Bertz CT molecular complexity index is 1280. The van der Waals surface area contributed by atoms with E-state index in [1.807, 2.05) is 18.2 Å². The van der Waals surface area contributed by atoms with Crippen LogP contribution in [0.3, 0.4) is 0 Å². The van der Waals surface area contributed by atoms with Crippen molar-refractivity contribution in [1.29, 1.82) is 0 Å². The van der Waals surface area contributed by atoms with E-state index in [9.17, 15) is 4.57 Å². The first-order valence-corrected chi connectivity index (χ1v) is 14.2. The molecule has 0 radical (unpaired) electrons. The van der Waals surface area contributed by atoms with Gasteiger partial charge in [-0.1, -0.05) is 86.8 Å². The van der Waals surface area contributed by atoms with E-state index in [1.165, 1.54) is 24.8 Å². The van der Waals surface area contributed by atoms with E-state index in [0.29, 0.717) is 37.2 Å². The lowest BCUT2D eigenvalue weighted by Gasteiger charge is -2.15. The van der Waals surface area contributed by atoms with E-state index in [-0.39, 0.29) is 6.61 Å². The summed E-state index contributed by atoms with van der Waals surface area (Å²) in [5, 5.41) is 14.4. The molecule has 7 nitrogen and oxygen atoms in total. The lowest BCUT2D eigenvalue weighted by Crippen LogP contribution is -2.16. The molecule has 0 spiro atoms. The van der Waals surface area contributed by atoms with Gasteiger partial charge in [0, 0.05) is 23.1 Å². The predicted molar refractivity (Wildman–Crippen MR) is 146 cm³/mol. The number of nitrogens with one attached hydrogen (secondary N) is 1. The molecule has 0 saturated carbocycles. The molecule has 2 N–H and O–H groups in total. The topological polar surface area (TPSA) is 97.5 Å². The molecular weight excluding hydrogens is 485 g/mol. The molecular formula is C29H35N3O4P+. The van der Waals surface area contributed by atoms with Crippen LogP contribution in [-0.4, -0.2) is 28.2 Å². The highest BCUT2D eigenvalue weighted by molar-refractivity contribution is 7.32. The third kappa shape index (κ3) is 7.76. The van der Waals surface area contributed by atoms with Crippen molar-refractivity contribution in [1.82, 2.24) is 15.5 Å². The third-order valence-electron chi connectivity index (χ3n) is 6.57. The first-order valence-electron chi connectivity index (χ1n) is 13.0. The van der Waals surface area contributed by atoms with Crippen LogP contribution < -0.4 is 5.32 Å². The Morgan fingerprint density at radius 1 is 0.973 bits per heavy atom. The first-order chi connectivity index (χ1) is 18.2. The summed E-state index contributed by atoms with van der Waals surface area (Å²) >= 11 is 0. The quantitative estimate of drug-likeness (QED) is 0.129. The summed E-state index contributed by atoms with van der Waals surface area (Å²) in [5.74, 6) is 1.57. The minimum atomic E-state index is -2.53. The second-order valence-corrected chi connectivity index (χ2v) is 9.96. The molecule has 0 saturated heterocycles. The highest BCUT2D eigenvalue weighted by Crippen LogP contribution is 2.32. The average Bonchev–Trinajstić information content (AvgIpc) is 3.38. The van der Waals surface area contributed by atoms with Gasteiger partial charge < -0.3 is 9.73 Å². The fourth-order valence-corrected chi connectivity index (χ4v) is 4.96. The van der Waals surface area contributed by atoms with Gasteiger partial charge in [0.2, 0.25) is 11.8 Å². The van der Waals surface area contributed by atoms with E-state index in [2.05, 4.69) is 71.0 Å². The number of benzene rings is 3. The Hall–Kier alpha value is -2.96. The van der Waals surface area contributed by atoms with Gasteiger partial charge in [-0.15, -0.1) is 19.6 Å². The van der Waals surface area contributed by atoms with Crippen LogP contribution in [0.15, 0.2) is 71.1 Å². The van der Waals surface area contributed by atoms with Gasteiger partial charge in [0.15, 0.2) is 0 Å². The molecule has 1 heterocycles. The smallest absolute Gasteiger partial charge is 0.421 e. The zero-order chi connectivity index (χ0) is 25.9. The van der Waals surface area contributed by atoms with Crippen LogP contribution in [0.1, 0.15) is 62.0 Å². The van der Waals surface area contributed by atoms with Gasteiger partial charge in [0.25, 0.3) is 0 Å². The summed E-state index contributed by atoms with van der Waals surface area (Å²) in [4.78, 5) is 8.71. The molecule has 0 amide bonds. The highest BCUT2D eigenvalue weighted by Gasteiger charge is 2.18. The second-order valence-electron chi connectivity index (χ2n) is 9.23. The van der Waals surface area contributed by atoms with Crippen LogP contribution in [0, 0.1) is 0 Å².